The largest absolute Gasteiger partial charge is 0.493 e. The first-order valence-corrected chi connectivity index (χ1v) is 11.9. The van der Waals surface area contributed by atoms with Crippen LogP contribution in [-0.4, -0.2) is 29.5 Å². The lowest BCUT2D eigenvalue weighted by molar-refractivity contribution is -0.137. The molecule has 0 aliphatic heterocycles. The number of hydrogen-bond donors (Lipinski definition) is 1. The second kappa shape index (κ2) is 12.0. The maximum absolute atomic E-state index is 14.0. The highest BCUT2D eigenvalue weighted by atomic mass is 32.2. The number of carbonyl (C=O) groups is 1. The van der Waals surface area contributed by atoms with Crippen molar-refractivity contribution in [2.45, 2.75) is 37.4 Å². The van der Waals surface area contributed by atoms with Gasteiger partial charge in [0.2, 0.25) is 0 Å². The summed E-state index contributed by atoms with van der Waals surface area (Å²) in [5, 5.41) is 8.81. The molecule has 1 unspecified atom stereocenters. The Balaban J connectivity index is 1.64. The zero-order valence-electron chi connectivity index (χ0n) is 19.5. The summed E-state index contributed by atoms with van der Waals surface area (Å²) in [6.07, 6.45) is -4.67. The second-order valence-corrected chi connectivity index (χ2v) is 8.88. The number of benzene rings is 3. The van der Waals surface area contributed by atoms with Gasteiger partial charge in [0.05, 0.1) is 24.0 Å². The van der Waals surface area contributed by atoms with Gasteiger partial charge in [0, 0.05) is 11.3 Å². The van der Waals surface area contributed by atoms with Gasteiger partial charge in [-0.1, -0.05) is 12.1 Å². The van der Waals surface area contributed by atoms with E-state index in [2.05, 4.69) is 0 Å². The molecule has 0 saturated carbocycles. The van der Waals surface area contributed by atoms with Gasteiger partial charge in [0.25, 0.3) is 0 Å². The van der Waals surface area contributed by atoms with E-state index in [4.69, 9.17) is 19.3 Å². The summed E-state index contributed by atoms with van der Waals surface area (Å²) in [5.41, 5.74) is -0.0692. The average molecular weight is 525 g/mol. The van der Waals surface area contributed by atoms with Crippen molar-refractivity contribution in [3.8, 4) is 23.0 Å². The standard InChI is InChI=1S/C26H24F4O5S/c1-16-13-19(8-10-24(16)36-15-25(31)32)33-12-11-17(2)34-22-9-7-18(26(28,29)30)14-23(22)35-21-6-4-3-5-20(21)27/h3-10,13-14,17H,11-12,15H2,1-2H3,(H,31,32). The van der Waals surface area contributed by atoms with Crippen LogP contribution in [0.3, 0.4) is 0 Å². The van der Waals surface area contributed by atoms with E-state index in [-0.39, 0.29) is 29.6 Å². The Bertz CT molecular complexity index is 1200. The minimum Gasteiger partial charge on any atom is -0.493 e. The lowest BCUT2D eigenvalue weighted by atomic mass is 10.2. The van der Waals surface area contributed by atoms with E-state index in [0.29, 0.717) is 12.2 Å². The van der Waals surface area contributed by atoms with E-state index in [0.717, 1.165) is 34.7 Å². The fraction of sp³-hybridized carbons (Fsp3) is 0.269. The molecule has 0 spiro atoms. The summed E-state index contributed by atoms with van der Waals surface area (Å²) in [4.78, 5) is 11.6. The zero-order chi connectivity index (χ0) is 26.3. The molecule has 36 heavy (non-hydrogen) atoms. The fourth-order valence-electron chi connectivity index (χ4n) is 3.14. The predicted octanol–water partition coefficient (Wildman–Crippen LogP) is 7.36. The van der Waals surface area contributed by atoms with Gasteiger partial charge in [-0.3, -0.25) is 4.79 Å². The molecule has 0 radical (unpaired) electrons. The average Bonchev–Trinajstić information content (AvgIpc) is 2.80. The number of para-hydroxylation sites is 1. The van der Waals surface area contributed by atoms with Crippen molar-refractivity contribution in [1.29, 1.82) is 0 Å². The Morgan fingerprint density at radius 1 is 1.03 bits per heavy atom. The first kappa shape index (κ1) is 27.2. The number of hydrogen-bond acceptors (Lipinski definition) is 5. The lowest BCUT2D eigenvalue weighted by Gasteiger charge is -2.19. The number of carboxylic acid groups (broad SMARTS) is 1. The molecule has 1 N–H and O–H groups in total. The highest BCUT2D eigenvalue weighted by Gasteiger charge is 2.32. The highest BCUT2D eigenvalue weighted by Crippen LogP contribution is 2.39. The van der Waals surface area contributed by atoms with Crippen LogP contribution in [-0.2, 0) is 11.0 Å². The number of aryl methyl sites for hydroxylation is 1. The third kappa shape index (κ3) is 7.81. The number of ether oxygens (including phenoxy) is 3. The van der Waals surface area contributed by atoms with Crippen LogP contribution >= 0.6 is 11.8 Å². The van der Waals surface area contributed by atoms with Gasteiger partial charge in [-0.05, 0) is 67.9 Å². The Kier molecular flexibility index (Phi) is 9.08. The van der Waals surface area contributed by atoms with Gasteiger partial charge in [0.15, 0.2) is 23.1 Å². The van der Waals surface area contributed by atoms with E-state index in [1.54, 1.807) is 25.1 Å². The van der Waals surface area contributed by atoms with Crippen molar-refractivity contribution in [1.82, 2.24) is 0 Å². The Labute approximate surface area is 210 Å². The Morgan fingerprint density at radius 2 is 1.78 bits per heavy atom. The number of alkyl halides is 3. The molecule has 0 bridgehead atoms. The normalized spacial score (nSPS) is 12.2. The van der Waals surface area contributed by atoms with Crippen molar-refractivity contribution < 1.29 is 41.7 Å². The monoisotopic (exact) mass is 524 g/mol. The Hall–Kier alpha value is -3.40. The molecule has 3 aromatic carbocycles. The smallest absolute Gasteiger partial charge is 0.416 e. The second-order valence-electron chi connectivity index (χ2n) is 7.87. The van der Waals surface area contributed by atoms with E-state index in [1.807, 2.05) is 6.92 Å². The van der Waals surface area contributed by atoms with Crippen LogP contribution in [0.4, 0.5) is 17.6 Å². The van der Waals surface area contributed by atoms with E-state index >= 15 is 0 Å². The van der Waals surface area contributed by atoms with Crippen LogP contribution in [0.5, 0.6) is 23.0 Å². The van der Waals surface area contributed by atoms with Crippen molar-refractivity contribution in [2.75, 3.05) is 12.4 Å². The first-order chi connectivity index (χ1) is 17.0. The van der Waals surface area contributed by atoms with Crippen molar-refractivity contribution in [3.05, 3.63) is 77.6 Å². The summed E-state index contributed by atoms with van der Waals surface area (Å²) in [6, 6.07) is 13.5. The van der Waals surface area contributed by atoms with Gasteiger partial charge in [0.1, 0.15) is 5.75 Å². The summed E-state index contributed by atoms with van der Waals surface area (Å²) in [5.74, 6) is -1.51. The van der Waals surface area contributed by atoms with Crippen LogP contribution in [0, 0.1) is 12.7 Å². The first-order valence-electron chi connectivity index (χ1n) is 10.9. The molecule has 3 rings (SSSR count). The zero-order valence-corrected chi connectivity index (χ0v) is 20.3. The van der Waals surface area contributed by atoms with Gasteiger partial charge in [-0.15, -0.1) is 11.8 Å². The SMILES string of the molecule is Cc1cc(OCCC(C)Oc2ccc(C(F)(F)F)cc2Oc2ccccc2F)ccc1SCC(=O)O. The van der Waals surface area contributed by atoms with Crippen LogP contribution in [0.2, 0.25) is 0 Å². The van der Waals surface area contributed by atoms with Crippen molar-refractivity contribution in [2.24, 2.45) is 0 Å². The molecule has 1 atom stereocenters. The van der Waals surface area contributed by atoms with Crippen LogP contribution in [0.15, 0.2) is 65.6 Å². The van der Waals surface area contributed by atoms with Gasteiger partial charge < -0.3 is 19.3 Å². The third-order valence-corrected chi connectivity index (χ3v) is 6.11. The molecule has 0 aromatic heterocycles. The summed E-state index contributed by atoms with van der Waals surface area (Å²) >= 11 is 1.22. The third-order valence-electron chi connectivity index (χ3n) is 4.95. The lowest BCUT2D eigenvalue weighted by Crippen LogP contribution is -2.16. The highest BCUT2D eigenvalue weighted by molar-refractivity contribution is 8.00. The quantitative estimate of drug-likeness (QED) is 0.209. The van der Waals surface area contributed by atoms with Crippen LogP contribution in [0.25, 0.3) is 0 Å². The molecule has 192 valence electrons. The molecule has 10 heteroatoms. The van der Waals surface area contributed by atoms with Crippen molar-refractivity contribution >= 4 is 17.7 Å². The molecule has 0 amide bonds. The maximum atomic E-state index is 14.0. The maximum Gasteiger partial charge on any atom is 0.416 e. The minimum absolute atomic E-state index is 0.0365. The Morgan fingerprint density at radius 3 is 2.44 bits per heavy atom. The van der Waals surface area contributed by atoms with Crippen LogP contribution in [0.1, 0.15) is 24.5 Å². The van der Waals surface area contributed by atoms with Crippen LogP contribution < -0.4 is 14.2 Å². The number of halogens is 4. The molecule has 0 heterocycles. The number of thioether (sulfide) groups is 1. The molecule has 5 nitrogen and oxygen atoms in total. The number of carboxylic acids is 1. The summed E-state index contributed by atoms with van der Waals surface area (Å²) in [7, 11) is 0. The molecule has 3 aromatic rings. The van der Waals surface area contributed by atoms with E-state index < -0.39 is 29.6 Å². The topological polar surface area (TPSA) is 65.0 Å². The number of rotatable bonds is 11. The number of aliphatic carboxylic acids is 1. The van der Waals surface area contributed by atoms with Gasteiger partial charge in [-0.25, -0.2) is 4.39 Å². The molecule has 0 saturated heterocycles. The fourth-order valence-corrected chi connectivity index (χ4v) is 3.87. The minimum atomic E-state index is -4.61. The summed E-state index contributed by atoms with van der Waals surface area (Å²) in [6.45, 7) is 3.83. The van der Waals surface area contributed by atoms with Crippen molar-refractivity contribution in [3.63, 3.8) is 0 Å². The van der Waals surface area contributed by atoms with Gasteiger partial charge >= 0.3 is 12.1 Å². The molecule has 0 aliphatic carbocycles. The molecule has 0 aliphatic rings. The van der Waals surface area contributed by atoms with E-state index in [1.165, 1.54) is 30.0 Å². The molecular formula is C26H24F4O5S. The molecular weight excluding hydrogens is 500 g/mol. The predicted molar refractivity (Wildman–Crippen MR) is 128 cm³/mol. The molecule has 0 fully saturated rings. The summed E-state index contributed by atoms with van der Waals surface area (Å²) < 4.78 is 70.7. The van der Waals surface area contributed by atoms with E-state index in [9.17, 15) is 22.4 Å². The van der Waals surface area contributed by atoms with Gasteiger partial charge in [-0.2, -0.15) is 13.2 Å².